The summed E-state index contributed by atoms with van der Waals surface area (Å²) in [6.07, 6.45) is 5.64. The molecule has 1 aliphatic carbocycles. The number of hydrogen-bond acceptors (Lipinski definition) is 0. The summed E-state index contributed by atoms with van der Waals surface area (Å²) in [5, 5.41) is 0. The summed E-state index contributed by atoms with van der Waals surface area (Å²) in [6, 6.07) is 19.1. The minimum atomic E-state index is 0. The number of rotatable bonds is 1. The van der Waals surface area contributed by atoms with Gasteiger partial charge >= 0.3 is 75.9 Å². The average Bonchev–Trinajstić information content (AvgIpc) is 2.83. The fraction of sp³-hybridized carbons (Fsp3) is 0.176. The molecule has 20 heavy (non-hydrogen) atoms. The van der Waals surface area contributed by atoms with Crippen LogP contribution in [-0.4, -0.2) is 0 Å². The second kappa shape index (κ2) is 10.4. The molecule has 0 fully saturated rings. The molecule has 0 N–H and O–H groups in total. The van der Waals surface area contributed by atoms with Crippen LogP contribution in [0, 0.1) is 0 Å². The Balaban J connectivity index is 0.000000336. The van der Waals surface area contributed by atoms with E-state index in [1.165, 1.54) is 16.7 Å². The molecule has 1 atom stereocenters. The number of hydrogen-bond donors (Lipinski definition) is 0. The SMILES string of the molecule is CCc1ccccc1.[Cl-].[Cl-].[Zr+2][CH]1C=Cc2ccccc21. The summed E-state index contributed by atoms with van der Waals surface area (Å²) in [5.74, 6) is 0. The van der Waals surface area contributed by atoms with Crippen molar-refractivity contribution >= 4 is 6.08 Å². The average molecular weight is 383 g/mol. The van der Waals surface area contributed by atoms with Gasteiger partial charge in [0.2, 0.25) is 0 Å². The van der Waals surface area contributed by atoms with Crippen molar-refractivity contribution in [3.63, 3.8) is 0 Å². The van der Waals surface area contributed by atoms with E-state index in [0.717, 1.165) is 6.42 Å². The molecule has 0 radical (unpaired) electrons. The minimum absolute atomic E-state index is 0. The molecule has 103 valence electrons. The maximum atomic E-state index is 2.28. The van der Waals surface area contributed by atoms with E-state index in [1.54, 1.807) is 24.7 Å². The van der Waals surface area contributed by atoms with E-state index in [-0.39, 0.29) is 24.8 Å². The Labute approximate surface area is 149 Å². The van der Waals surface area contributed by atoms with Crippen molar-refractivity contribution < 1.29 is 49.5 Å². The van der Waals surface area contributed by atoms with Gasteiger partial charge in [-0.25, -0.2) is 0 Å². The molecule has 0 heterocycles. The van der Waals surface area contributed by atoms with Crippen LogP contribution in [0.25, 0.3) is 6.08 Å². The first-order valence-electron chi connectivity index (χ1n) is 6.33. The molecule has 1 aliphatic rings. The zero-order chi connectivity index (χ0) is 12.8. The molecule has 0 amide bonds. The van der Waals surface area contributed by atoms with E-state index in [9.17, 15) is 0 Å². The van der Waals surface area contributed by atoms with Gasteiger partial charge in [-0.1, -0.05) is 37.3 Å². The van der Waals surface area contributed by atoms with Crippen LogP contribution in [0.5, 0.6) is 0 Å². The van der Waals surface area contributed by atoms with Crippen LogP contribution < -0.4 is 24.8 Å². The van der Waals surface area contributed by atoms with E-state index < -0.39 is 0 Å². The van der Waals surface area contributed by atoms with Crippen LogP contribution >= 0.6 is 0 Å². The molecule has 2 aromatic carbocycles. The van der Waals surface area contributed by atoms with Gasteiger partial charge in [0.15, 0.2) is 0 Å². The number of aryl methyl sites for hydroxylation is 1. The molecule has 0 spiro atoms. The molecule has 3 heteroatoms. The first-order valence-corrected chi connectivity index (χ1v) is 7.75. The van der Waals surface area contributed by atoms with Gasteiger partial charge in [0.25, 0.3) is 0 Å². The molecule has 2 aromatic rings. The first kappa shape index (κ1) is 19.6. The van der Waals surface area contributed by atoms with Gasteiger partial charge < -0.3 is 24.8 Å². The van der Waals surface area contributed by atoms with E-state index in [0.29, 0.717) is 3.63 Å². The Morgan fingerprint density at radius 1 is 0.900 bits per heavy atom. The predicted octanol–water partition coefficient (Wildman–Crippen LogP) is -1.44. The van der Waals surface area contributed by atoms with Crippen molar-refractivity contribution in [3.8, 4) is 0 Å². The van der Waals surface area contributed by atoms with Gasteiger partial charge in [-0.2, -0.15) is 0 Å². The summed E-state index contributed by atoms with van der Waals surface area (Å²) in [4.78, 5) is 0. The van der Waals surface area contributed by atoms with Crippen LogP contribution in [-0.2, 0) is 31.1 Å². The topological polar surface area (TPSA) is 0 Å². The van der Waals surface area contributed by atoms with Crippen LogP contribution in [0.15, 0.2) is 60.7 Å². The standard InChI is InChI=1S/C9H7.C8H10.2ClH.Zr/c1-2-5-9-7-3-6-8(9)4-1;1-2-8-6-4-3-5-7-8;;;/h1-7H;3-7H,2H2,1H3;2*1H;/q;;;;+2/p-2. The molecular weight excluding hydrogens is 366 g/mol. The summed E-state index contributed by atoms with van der Waals surface area (Å²) >= 11 is 1.59. The van der Waals surface area contributed by atoms with Gasteiger partial charge in [0.1, 0.15) is 0 Å². The number of fused-ring (bicyclic) bond motifs is 1. The van der Waals surface area contributed by atoms with E-state index >= 15 is 0 Å². The van der Waals surface area contributed by atoms with Crippen molar-refractivity contribution in [1.29, 1.82) is 0 Å². The maximum absolute atomic E-state index is 2.28. The van der Waals surface area contributed by atoms with Crippen LogP contribution in [0.3, 0.4) is 0 Å². The zero-order valence-electron chi connectivity index (χ0n) is 11.4. The summed E-state index contributed by atoms with van der Waals surface area (Å²) in [7, 11) is 0. The van der Waals surface area contributed by atoms with Crippen LogP contribution in [0.2, 0.25) is 0 Å². The molecule has 0 saturated carbocycles. The third-order valence-corrected chi connectivity index (χ3v) is 4.29. The zero-order valence-corrected chi connectivity index (χ0v) is 15.4. The third-order valence-electron chi connectivity index (χ3n) is 3.05. The van der Waals surface area contributed by atoms with Gasteiger partial charge in [-0.15, -0.1) is 0 Å². The van der Waals surface area contributed by atoms with Crippen molar-refractivity contribution in [2.75, 3.05) is 0 Å². The Morgan fingerprint density at radius 2 is 1.50 bits per heavy atom. The van der Waals surface area contributed by atoms with E-state index in [2.05, 4.69) is 67.6 Å². The Bertz CT molecular complexity index is 524. The second-order valence-corrected chi connectivity index (χ2v) is 5.83. The molecule has 0 aromatic heterocycles. The molecular formula is C17H17Cl2Zr. The molecule has 0 nitrogen and oxygen atoms in total. The summed E-state index contributed by atoms with van der Waals surface area (Å²) < 4.78 is 0.711. The Morgan fingerprint density at radius 3 is 2.05 bits per heavy atom. The number of halogens is 2. The second-order valence-electron chi connectivity index (χ2n) is 4.30. The molecule has 3 rings (SSSR count). The quantitative estimate of drug-likeness (QED) is 0.566. The van der Waals surface area contributed by atoms with Crippen molar-refractivity contribution in [2.24, 2.45) is 0 Å². The van der Waals surface area contributed by atoms with Crippen LogP contribution in [0.1, 0.15) is 27.2 Å². The normalized spacial score (nSPS) is 14.2. The summed E-state index contributed by atoms with van der Waals surface area (Å²) in [6.45, 7) is 2.16. The van der Waals surface area contributed by atoms with Crippen molar-refractivity contribution in [1.82, 2.24) is 0 Å². The van der Waals surface area contributed by atoms with Crippen molar-refractivity contribution in [3.05, 3.63) is 77.4 Å². The van der Waals surface area contributed by atoms with Crippen LogP contribution in [0.4, 0.5) is 0 Å². The molecule has 0 bridgehead atoms. The van der Waals surface area contributed by atoms with Gasteiger partial charge in [0.05, 0.1) is 0 Å². The fourth-order valence-electron chi connectivity index (χ4n) is 1.96. The van der Waals surface area contributed by atoms with Gasteiger partial charge in [-0.3, -0.25) is 0 Å². The van der Waals surface area contributed by atoms with Crippen molar-refractivity contribution in [2.45, 2.75) is 17.0 Å². The molecule has 1 unspecified atom stereocenters. The van der Waals surface area contributed by atoms with E-state index in [4.69, 9.17) is 0 Å². The summed E-state index contributed by atoms with van der Waals surface area (Å²) in [5.41, 5.74) is 4.32. The first-order chi connectivity index (χ1) is 8.81. The number of allylic oxidation sites excluding steroid dienone is 1. The van der Waals surface area contributed by atoms with Gasteiger partial charge in [0, 0.05) is 0 Å². The monoisotopic (exact) mass is 381 g/mol. The number of benzene rings is 2. The Kier molecular flexibility index (Phi) is 10.2. The van der Waals surface area contributed by atoms with E-state index in [1.807, 2.05) is 6.07 Å². The molecule has 0 saturated heterocycles. The Hall–Kier alpha value is -0.357. The molecule has 0 aliphatic heterocycles. The third kappa shape index (κ3) is 5.56. The fourth-order valence-corrected chi connectivity index (χ4v) is 2.85. The van der Waals surface area contributed by atoms with Gasteiger partial charge in [-0.05, 0) is 12.0 Å². The predicted molar refractivity (Wildman–Crippen MR) is 74.0 cm³/mol.